The Balaban J connectivity index is 1.71. The van der Waals surface area contributed by atoms with Crippen LogP contribution in [0.1, 0.15) is 12.0 Å². The van der Waals surface area contributed by atoms with Crippen LogP contribution in [0, 0.1) is 0 Å². The van der Waals surface area contributed by atoms with Gasteiger partial charge in [-0.25, -0.2) is 0 Å². The molecule has 2 aromatic carbocycles. The Morgan fingerprint density at radius 3 is 2.29 bits per heavy atom. The molecular weight excluding hydrogens is 256 g/mol. The summed E-state index contributed by atoms with van der Waals surface area (Å²) in [5.74, 6) is 0.0899. The molecule has 0 unspecified atom stereocenters. The number of hydrogen-bond donors (Lipinski definition) is 0. The predicted octanol–water partition coefficient (Wildman–Crippen LogP) is 4.82. The van der Waals surface area contributed by atoms with E-state index in [4.69, 9.17) is 0 Å². The molecule has 0 heterocycles. The fourth-order valence-corrected chi connectivity index (χ4v) is 2.33. The lowest BCUT2D eigenvalue weighted by Crippen LogP contribution is -1.94. The molecule has 1 aliphatic carbocycles. The van der Waals surface area contributed by atoms with Gasteiger partial charge in [-0.1, -0.05) is 78.9 Å². The number of ketones is 1. The van der Waals surface area contributed by atoms with E-state index in [9.17, 15) is 4.79 Å². The second-order valence-electron chi connectivity index (χ2n) is 5.01. The highest BCUT2D eigenvalue weighted by Gasteiger charge is 2.06. The Morgan fingerprint density at radius 1 is 0.905 bits per heavy atom. The molecule has 0 N–H and O–H groups in total. The summed E-state index contributed by atoms with van der Waals surface area (Å²) in [7, 11) is 0. The number of allylic oxidation sites excluding steroid dienone is 5. The van der Waals surface area contributed by atoms with Gasteiger partial charge in [-0.3, -0.25) is 4.79 Å². The third-order valence-corrected chi connectivity index (χ3v) is 3.53. The molecule has 0 saturated heterocycles. The Hall–Kier alpha value is -2.67. The first kappa shape index (κ1) is 13.3. The van der Waals surface area contributed by atoms with Gasteiger partial charge < -0.3 is 0 Å². The summed E-state index contributed by atoms with van der Waals surface area (Å²) < 4.78 is 0. The van der Waals surface area contributed by atoms with Crippen molar-refractivity contribution < 1.29 is 4.79 Å². The van der Waals surface area contributed by atoms with Crippen LogP contribution in [0.2, 0.25) is 0 Å². The topological polar surface area (TPSA) is 17.1 Å². The Bertz CT molecular complexity index is 716. The van der Waals surface area contributed by atoms with Crippen molar-refractivity contribution in [3.8, 4) is 11.1 Å². The molecule has 0 fully saturated rings. The van der Waals surface area contributed by atoms with E-state index in [0.29, 0.717) is 0 Å². The van der Waals surface area contributed by atoms with Crippen molar-refractivity contribution in [3.05, 3.63) is 90.0 Å². The zero-order valence-electron chi connectivity index (χ0n) is 11.7. The molecule has 0 bridgehead atoms. The minimum atomic E-state index is 0.0899. The minimum Gasteiger partial charge on any atom is -0.290 e. The number of rotatable bonds is 4. The molecule has 1 heteroatoms. The van der Waals surface area contributed by atoms with Crippen LogP contribution in [-0.4, -0.2) is 5.78 Å². The van der Waals surface area contributed by atoms with Gasteiger partial charge in [0.2, 0.25) is 0 Å². The van der Waals surface area contributed by atoms with Gasteiger partial charge >= 0.3 is 0 Å². The average Bonchev–Trinajstić information content (AvgIpc) is 3.08. The van der Waals surface area contributed by atoms with E-state index >= 15 is 0 Å². The lowest BCUT2D eigenvalue weighted by molar-refractivity contribution is -0.111. The number of benzene rings is 2. The molecule has 21 heavy (non-hydrogen) atoms. The molecule has 3 rings (SSSR count). The van der Waals surface area contributed by atoms with Crippen molar-refractivity contribution in [2.24, 2.45) is 0 Å². The van der Waals surface area contributed by atoms with Crippen molar-refractivity contribution in [2.45, 2.75) is 6.42 Å². The van der Waals surface area contributed by atoms with E-state index in [2.05, 4.69) is 24.3 Å². The van der Waals surface area contributed by atoms with Crippen LogP contribution in [0.25, 0.3) is 17.2 Å². The van der Waals surface area contributed by atoms with Gasteiger partial charge in [-0.15, -0.1) is 0 Å². The van der Waals surface area contributed by atoms with Crippen LogP contribution in [0.3, 0.4) is 0 Å². The van der Waals surface area contributed by atoms with Gasteiger partial charge in [0.15, 0.2) is 5.78 Å². The quantitative estimate of drug-likeness (QED) is 0.729. The van der Waals surface area contributed by atoms with E-state index in [1.807, 2.05) is 54.6 Å². The Kier molecular flexibility index (Phi) is 3.92. The molecule has 102 valence electrons. The van der Waals surface area contributed by atoms with Crippen molar-refractivity contribution in [2.75, 3.05) is 0 Å². The Labute approximate surface area is 124 Å². The van der Waals surface area contributed by atoms with E-state index in [0.717, 1.165) is 17.6 Å². The third kappa shape index (κ3) is 3.26. The molecule has 0 spiro atoms. The van der Waals surface area contributed by atoms with Gasteiger partial charge in [-0.2, -0.15) is 0 Å². The maximum atomic E-state index is 11.9. The third-order valence-electron chi connectivity index (χ3n) is 3.53. The first-order valence-electron chi connectivity index (χ1n) is 7.06. The molecule has 0 saturated carbocycles. The summed E-state index contributed by atoms with van der Waals surface area (Å²) in [6.45, 7) is 0. The predicted molar refractivity (Wildman–Crippen MR) is 87.8 cm³/mol. The van der Waals surface area contributed by atoms with E-state index in [1.54, 1.807) is 6.08 Å². The highest BCUT2D eigenvalue weighted by molar-refractivity contribution is 6.07. The molecule has 0 radical (unpaired) electrons. The van der Waals surface area contributed by atoms with Crippen LogP contribution in [0.15, 0.2) is 84.5 Å². The first-order valence-corrected chi connectivity index (χ1v) is 7.06. The zero-order valence-corrected chi connectivity index (χ0v) is 11.7. The molecular formula is C20H16O. The zero-order chi connectivity index (χ0) is 14.5. The number of carbonyl (C=O) groups excluding carboxylic acids is 1. The maximum Gasteiger partial charge on any atom is 0.182 e. The second-order valence-corrected chi connectivity index (χ2v) is 5.01. The van der Waals surface area contributed by atoms with E-state index in [-0.39, 0.29) is 5.78 Å². The molecule has 1 aliphatic rings. The molecule has 0 atom stereocenters. The number of carbonyl (C=O) groups is 1. The summed E-state index contributed by atoms with van der Waals surface area (Å²) in [5, 5.41) is 0. The van der Waals surface area contributed by atoms with Crippen molar-refractivity contribution in [1.82, 2.24) is 0 Å². The van der Waals surface area contributed by atoms with Crippen LogP contribution < -0.4 is 0 Å². The van der Waals surface area contributed by atoms with Crippen molar-refractivity contribution in [1.29, 1.82) is 0 Å². The van der Waals surface area contributed by atoms with Gasteiger partial charge in [0.05, 0.1) is 0 Å². The molecule has 0 aromatic heterocycles. The molecule has 2 aromatic rings. The summed E-state index contributed by atoms with van der Waals surface area (Å²) in [4.78, 5) is 11.9. The van der Waals surface area contributed by atoms with Crippen LogP contribution >= 0.6 is 0 Å². The van der Waals surface area contributed by atoms with Crippen LogP contribution in [0.4, 0.5) is 0 Å². The summed E-state index contributed by atoms with van der Waals surface area (Å²) in [5.41, 5.74) is 4.27. The SMILES string of the molecule is O=C(/C=C/c1ccc(-c2ccccc2)cc1)C1=CC=CC1. The standard InChI is InChI=1S/C20H16O/c21-20(19-8-4-5-9-19)15-12-16-10-13-18(14-11-16)17-6-2-1-3-7-17/h1-8,10-15H,9H2/b15-12+. The fourth-order valence-electron chi connectivity index (χ4n) is 2.33. The van der Waals surface area contributed by atoms with Gasteiger partial charge in [0.25, 0.3) is 0 Å². The molecule has 1 nitrogen and oxygen atoms in total. The largest absolute Gasteiger partial charge is 0.290 e. The van der Waals surface area contributed by atoms with E-state index in [1.165, 1.54) is 11.1 Å². The number of hydrogen-bond acceptors (Lipinski definition) is 1. The van der Waals surface area contributed by atoms with Crippen molar-refractivity contribution in [3.63, 3.8) is 0 Å². The molecule has 0 aliphatic heterocycles. The normalized spacial score (nSPS) is 13.6. The Morgan fingerprint density at radius 2 is 1.62 bits per heavy atom. The maximum absolute atomic E-state index is 11.9. The lowest BCUT2D eigenvalue weighted by Gasteiger charge is -2.01. The van der Waals surface area contributed by atoms with E-state index < -0.39 is 0 Å². The summed E-state index contributed by atoms with van der Waals surface area (Å²) in [6.07, 6.45) is 10.1. The van der Waals surface area contributed by atoms with Gasteiger partial charge in [0, 0.05) is 5.57 Å². The minimum absolute atomic E-state index is 0.0899. The lowest BCUT2D eigenvalue weighted by atomic mass is 10.0. The second kappa shape index (κ2) is 6.19. The summed E-state index contributed by atoms with van der Waals surface area (Å²) in [6, 6.07) is 18.5. The van der Waals surface area contributed by atoms with Crippen LogP contribution in [-0.2, 0) is 4.79 Å². The fraction of sp³-hybridized carbons (Fsp3) is 0.0500. The van der Waals surface area contributed by atoms with Gasteiger partial charge in [-0.05, 0) is 29.2 Å². The molecule has 0 amide bonds. The smallest absolute Gasteiger partial charge is 0.182 e. The summed E-state index contributed by atoms with van der Waals surface area (Å²) >= 11 is 0. The highest BCUT2D eigenvalue weighted by atomic mass is 16.1. The van der Waals surface area contributed by atoms with Crippen LogP contribution in [0.5, 0.6) is 0 Å². The average molecular weight is 272 g/mol. The monoisotopic (exact) mass is 272 g/mol. The first-order chi connectivity index (χ1) is 10.3. The highest BCUT2D eigenvalue weighted by Crippen LogP contribution is 2.20. The van der Waals surface area contributed by atoms with Crippen molar-refractivity contribution >= 4 is 11.9 Å². The van der Waals surface area contributed by atoms with Gasteiger partial charge in [0.1, 0.15) is 0 Å².